The van der Waals surface area contributed by atoms with Crippen molar-refractivity contribution in [2.24, 2.45) is 0 Å². The van der Waals surface area contributed by atoms with E-state index in [4.69, 9.17) is 39.2 Å². The number of ether oxygens (including phenoxy) is 2. The number of nitrogens with one attached hydrogen (secondary N) is 1. The summed E-state index contributed by atoms with van der Waals surface area (Å²) >= 11 is 12.4. The molecule has 2 aromatic carbocycles. The van der Waals surface area contributed by atoms with E-state index in [2.05, 4.69) is 21.7 Å². The van der Waals surface area contributed by atoms with Gasteiger partial charge in [-0.2, -0.15) is 0 Å². The summed E-state index contributed by atoms with van der Waals surface area (Å²) in [6.45, 7) is 12.4. The summed E-state index contributed by atoms with van der Waals surface area (Å²) in [7, 11) is 1.57. The van der Waals surface area contributed by atoms with Gasteiger partial charge >= 0.3 is 0 Å². The average Bonchev–Trinajstić information content (AvgIpc) is 2.85. The first-order valence-electron chi connectivity index (χ1n) is 10.6. The second kappa shape index (κ2) is 10.2. The van der Waals surface area contributed by atoms with Crippen LogP contribution in [0.25, 0.3) is 15.7 Å². The lowest BCUT2D eigenvalue weighted by atomic mass is 10.1. The summed E-state index contributed by atoms with van der Waals surface area (Å²) < 4.78 is 11.9. The topological polar surface area (TPSA) is 68.0 Å². The Hall–Kier alpha value is -3.47. The molecule has 0 atom stereocenters. The third-order valence-corrected chi connectivity index (χ3v) is 6.21. The normalized spacial score (nSPS) is 13.9. The molecule has 2 heterocycles. The van der Waals surface area contributed by atoms with E-state index in [1.807, 2.05) is 6.07 Å². The van der Waals surface area contributed by atoms with E-state index in [-0.39, 0.29) is 12.0 Å². The lowest BCUT2D eigenvalue weighted by Gasteiger charge is -2.31. The van der Waals surface area contributed by atoms with Gasteiger partial charge in [0.15, 0.2) is 11.5 Å². The van der Waals surface area contributed by atoms with Crippen LogP contribution in [-0.2, 0) is 4.79 Å². The summed E-state index contributed by atoms with van der Waals surface area (Å²) in [5.74, 6) is 1.00. The number of rotatable bonds is 6. The summed E-state index contributed by atoms with van der Waals surface area (Å²) in [5.41, 5.74) is 2.14. The molecule has 174 valence electrons. The number of hydrogen-bond acceptors (Lipinski definition) is 5. The average molecular weight is 497 g/mol. The highest BCUT2D eigenvalue weighted by molar-refractivity contribution is 6.36. The molecule has 1 saturated heterocycles. The maximum absolute atomic E-state index is 11.9. The predicted molar refractivity (Wildman–Crippen MR) is 135 cm³/mol. The van der Waals surface area contributed by atoms with E-state index in [0.29, 0.717) is 75.4 Å². The number of halogens is 2. The molecule has 1 N–H and O–H groups in total. The van der Waals surface area contributed by atoms with E-state index < -0.39 is 0 Å². The smallest absolute Gasteiger partial charge is 0.245 e. The third kappa shape index (κ3) is 4.89. The Morgan fingerprint density at radius 2 is 2.03 bits per heavy atom. The zero-order chi connectivity index (χ0) is 24.2. The first-order valence-corrected chi connectivity index (χ1v) is 11.4. The van der Waals surface area contributed by atoms with E-state index in [0.717, 1.165) is 0 Å². The van der Waals surface area contributed by atoms with Crippen LogP contribution in [-0.4, -0.2) is 42.1 Å². The lowest BCUT2D eigenvalue weighted by Crippen LogP contribution is -2.41. The van der Waals surface area contributed by atoms with Gasteiger partial charge in [0.25, 0.3) is 0 Å². The molecule has 7 nitrogen and oxygen atoms in total. The number of aromatic nitrogens is 1. The quantitative estimate of drug-likeness (QED) is 0.315. The van der Waals surface area contributed by atoms with Crippen molar-refractivity contribution in [3.63, 3.8) is 0 Å². The van der Waals surface area contributed by atoms with E-state index in [1.54, 1.807) is 36.3 Å². The number of methoxy groups -OCH3 is 1. The Labute approximate surface area is 207 Å². The van der Waals surface area contributed by atoms with Gasteiger partial charge in [-0.1, -0.05) is 29.8 Å². The fourth-order valence-corrected chi connectivity index (χ4v) is 4.34. The number of benzene rings is 2. The molecule has 1 fully saturated rings. The van der Waals surface area contributed by atoms with Gasteiger partial charge in [-0.3, -0.25) is 9.78 Å². The first kappa shape index (κ1) is 23.7. The number of hydrogen-bond donors (Lipinski definition) is 1. The predicted octanol–water partition coefficient (Wildman–Crippen LogP) is 6.40. The molecule has 1 aliphatic heterocycles. The van der Waals surface area contributed by atoms with Gasteiger partial charge in [0.05, 0.1) is 35.6 Å². The number of piperidine rings is 1. The van der Waals surface area contributed by atoms with Crippen LogP contribution in [0.2, 0.25) is 10.0 Å². The third-order valence-electron chi connectivity index (χ3n) is 5.67. The molecule has 0 aliphatic carbocycles. The minimum absolute atomic E-state index is 0.0731. The van der Waals surface area contributed by atoms with Crippen molar-refractivity contribution in [2.75, 3.05) is 25.5 Å². The van der Waals surface area contributed by atoms with Gasteiger partial charge in [-0.15, -0.1) is 0 Å². The minimum Gasteiger partial charge on any atom is -0.493 e. The number of fused-ring (bicyclic) bond motifs is 1. The highest BCUT2D eigenvalue weighted by atomic mass is 35.5. The maximum atomic E-state index is 11.9. The van der Waals surface area contributed by atoms with E-state index in [9.17, 15) is 4.79 Å². The van der Waals surface area contributed by atoms with Gasteiger partial charge in [0, 0.05) is 48.6 Å². The molecule has 0 spiro atoms. The van der Waals surface area contributed by atoms with Crippen LogP contribution in [0.3, 0.4) is 0 Å². The Bertz CT molecular complexity index is 1300. The number of likely N-dealkylation sites (tertiary alicyclic amines) is 1. The molecule has 4 rings (SSSR count). The van der Waals surface area contributed by atoms with Crippen LogP contribution in [0.4, 0.5) is 17.1 Å². The number of nitrogens with zero attached hydrogens (tertiary/aromatic N) is 3. The van der Waals surface area contributed by atoms with Crippen LogP contribution < -0.4 is 14.8 Å². The van der Waals surface area contributed by atoms with Gasteiger partial charge in [-0.05, 0) is 30.3 Å². The Balaban J connectivity index is 1.69. The van der Waals surface area contributed by atoms with Crippen molar-refractivity contribution in [1.29, 1.82) is 0 Å². The van der Waals surface area contributed by atoms with Crippen LogP contribution in [0.5, 0.6) is 11.5 Å². The zero-order valence-electron chi connectivity index (χ0n) is 18.5. The van der Waals surface area contributed by atoms with Crippen LogP contribution >= 0.6 is 23.2 Å². The van der Waals surface area contributed by atoms with Crippen molar-refractivity contribution in [3.8, 4) is 11.5 Å². The molecule has 34 heavy (non-hydrogen) atoms. The first-order chi connectivity index (χ1) is 16.4. The second-order valence-corrected chi connectivity index (χ2v) is 8.59. The molecule has 1 aliphatic rings. The Morgan fingerprint density at radius 1 is 1.26 bits per heavy atom. The summed E-state index contributed by atoms with van der Waals surface area (Å²) in [6.07, 6.45) is 4.13. The van der Waals surface area contributed by atoms with Gasteiger partial charge in [-0.25, -0.2) is 4.85 Å². The van der Waals surface area contributed by atoms with Gasteiger partial charge in [0.2, 0.25) is 11.6 Å². The minimum atomic E-state index is -0.0839. The SMILES string of the molecule is [C-]#[N+]c1cnc2cc(OC)c(OC3CCN(C(=O)C=C)CC3)cc2c1Nc1ccc(Cl)cc1Cl. The largest absolute Gasteiger partial charge is 0.493 e. The van der Waals surface area contributed by atoms with Crippen molar-refractivity contribution >= 4 is 57.1 Å². The van der Waals surface area contributed by atoms with Crippen LogP contribution in [0.15, 0.2) is 49.2 Å². The standard InChI is InChI=1S/C25H22Cl2N4O3/c1-4-24(32)31-9-7-16(8-10-31)34-23-12-17-20(13-22(23)33-3)29-14-21(28-2)25(17)30-19-6-5-15(26)11-18(19)27/h4-6,11-14,16H,1,7-10H2,3H3,(H,29,30). The number of amides is 1. The molecule has 1 aromatic heterocycles. The molecule has 0 saturated carbocycles. The Morgan fingerprint density at radius 3 is 2.68 bits per heavy atom. The number of anilines is 2. The van der Waals surface area contributed by atoms with Crippen LogP contribution in [0, 0.1) is 6.57 Å². The van der Waals surface area contributed by atoms with Crippen molar-refractivity contribution in [2.45, 2.75) is 18.9 Å². The van der Waals surface area contributed by atoms with E-state index in [1.165, 1.54) is 12.3 Å². The fourth-order valence-electron chi connectivity index (χ4n) is 3.89. The molecule has 0 unspecified atom stereocenters. The summed E-state index contributed by atoms with van der Waals surface area (Å²) in [5, 5.41) is 4.90. The molecule has 9 heteroatoms. The second-order valence-electron chi connectivity index (χ2n) is 7.75. The molecule has 1 amide bonds. The van der Waals surface area contributed by atoms with Crippen molar-refractivity contribution in [1.82, 2.24) is 9.88 Å². The maximum Gasteiger partial charge on any atom is 0.245 e. The van der Waals surface area contributed by atoms with Gasteiger partial charge < -0.3 is 19.7 Å². The molecular formula is C25H22Cl2N4O3. The van der Waals surface area contributed by atoms with Crippen molar-refractivity contribution < 1.29 is 14.3 Å². The fraction of sp³-hybridized carbons (Fsp3) is 0.240. The molecule has 3 aromatic rings. The zero-order valence-corrected chi connectivity index (χ0v) is 20.0. The summed E-state index contributed by atoms with van der Waals surface area (Å²) in [6, 6.07) is 8.71. The number of carbonyl (C=O) groups excluding carboxylic acids is 1. The van der Waals surface area contributed by atoms with Crippen LogP contribution in [0.1, 0.15) is 12.8 Å². The molecule has 0 bridgehead atoms. The summed E-state index contributed by atoms with van der Waals surface area (Å²) in [4.78, 5) is 21.7. The highest BCUT2D eigenvalue weighted by Crippen LogP contribution is 2.41. The number of carbonyl (C=O) groups is 1. The monoisotopic (exact) mass is 496 g/mol. The lowest BCUT2D eigenvalue weighted by molar-refractivity contribution is -0.127. The Kier molecular flexibility index (Phi) is 7.11. The molecular weight excluding hydrogens is 475 g/mol. The van der Waals surface area contributed by atoms with Gasteiger partial charge in [0.1, 0.15) is 6.10 Å². The van der Waals surface area contributed by atoms with E-state index >= 15 is 0 Å². The highest BCUT2D eigenvalue weighted by Gasteiger charge is 2.24. The molecule has 0 radical (unpaired) electrons. The van der Waals surface area contributed by atoms with Crippen molar-refractivity contribution in [3.05, 3.63) is 70.6 Å². The number of pyridine rings is 1.